The van der Waals surface area contributed by atoms with Crippen LogP contribution in [0, 0.1) is 0 Å². The van der Waals surface area contributed by atoms with Gasteiger partial charge in [0.15, 0.2) is 0 Å². The van der Waals surface area contributed by atoms with Crippen LogP contribution >= 0.6 is 0 Å². The van der Waals surface area contributed by atoms with Gasteiger partial charge in [-0.25, -0.2) is 9.78 Å². The third-order valence-corrected chi connectivity index (χ3v) is 4.20. The zero-order chi connectivity index (χ0) is 17.2. The number of ether oxygens (including phenoxy) is 1. The molecule has 25 heavy (non-hydrogen) atoms. The molecule has 1 aliphatic rings. The summed E-state index contributed by atoms with van der Waals surface area (Å²) in [5.74, 6) is 0.597. The molecule has 2 aromatic carbocycles. The number of nitrogen functional groups attached to an aromatic ring is 1. The highest BCUT2D eigenvalue weighted by Crippen LogP contribution is 2.19. The van der Waals surface area contributed by atoms with Crippen molar-refractivity contribution in [2.45, 2.75) is 12.5 Å². The number of anilines is 2. The predicted octanol–water partition coefficient (Wildman–Crippen LogP) is 2.58. The number of aromatic amines is 1. The molecular formula is C18H19N5O2. The highest BCUT2D eigenvalue weighted by molar-refractivity contribution is 5.80. The van der Waals surface area contributed by atoms with Crippen molar-refractivity contribution < 1.29 is 9.53 Å². The average molecular weight is 337 g/mol. The van der Waals surface area contributed by atoms with Crippen LogP contribution in [0.3, 0.4) is 0 Å². The van der Waals surface area contributed by atoms with Crippen LogP contribution in [0.2, 0.25) is 0 Å². The molecule has 7 heteroatoms. The summed E-state index contributed by atoms with van der Waals surface area (Å²) >= 11 is 0. The number of imidazole rings is 1. The topological polar surface area (TPSA) is 96.3 Å². The van der Waals surface area contributed by atoms with Gasteiger partial charge >= 0.3 is 6.09 Å². The largest absolute Gasteiger partial charge is 0.444 e. The van der Waals surface area contributed by atoms with Crippen molar-refractivity contribution in [3.8, 4) is 0 Å². The third-order valence-electron chi connectivity index (χ3n) is 4.20. The molecule has 4 N–H and O–H groups in total. The number of nitrogens with two attached hydrogens (primary N) is 1. The highest BCUT2D eigenvalue weighted by Gasteiger charge is 2.31. The van der Waals surface area contributed by atoms with E-state index in [-0.39, 0.29) is 12.2 Å². The number of H-pyrrole nitrogens is 1. The Hall–Kier alpha value is -3.22. The van der Waals surface area contributed by atoms with Crippen molar-refractivity contribution in [3.05, 3.63) is 54.1 Å². The molecule has 1 aromatic heterocycles. The Kier molecular flexibility index (Phi) is 3.89. The number of fused-ring (bicyclic) bond motifs is 1. The first kappa shape index (κ1) is 15.3. The SMILES string of the molecule is Nc1ccc2nc(NCN3CC(Cc4ccccc4)OC3=O)[nH]c2c1. The number of hydrogen-bond donors (Lipinski definition) is 3. The highest BCUT2D eigenvalue weighted by atomic mass is 16.6. The van der Waals surface area contributed by atoms with E-state index in [1.807, 2.05) is 42.5 Å². The Labute approximate surface area is 144 Å². The van der Waals surface area contributed by atoms with Crippen LogP contribution in [0.15, 0.2) is 48.5 Å². The van der Waals surface area contributed by atoms with E-state index in [9.17, 15) is 4.79 Å². The number of amides is 1. The van der Waals surface area contributed by atoms with E-state index < -0.39 is 0 Å². The summed E-state index contributed by atoms with van der Waals surface area (Å²) in [6.45, 7) is 0.882. The van der Waals surface area contributed by atoms with Crippen molar-refractivity contribution in [2.24, 2.45) is 0 Å². The van der Waals surface area contributed by atoms with E-state index in [0.29, 0.717) is 31.3 Å². The van der Waals surface area contributed by atoms with Crippen molar-refractivity contribution in [3.63, 3.8) is 0 Å². The fraction of sp³-hybridized carbons (Fsp3) is 0.222. The van der Waals surface area contributed by atoms with E-state index in [4.69, 9.17) is 10.5 Å². The van der Waals surface area contributed by atoms with Crippen LogP contribution in [0.5, 0.6) is 0 Å². The first-order valence-electron chi connectivity index (χ1n) is 8.16. The number of nitrogens with zero attached hydrogens (tertiary/aromatic N) is 2. The van der Waals surface area contributed by atoms with Gasteiger partial charge in [-0.1, -0.05) is 30.3 Å². The lowest BCUT2D eigenvalue weighted by molar-refractivity contribution is 0.133. The number of carbonyl (C=O) groups is 1. The molecule has 0 saturated carbocycles. The number of nitrogens with one attached hydrogen (secondary N) is 2. The minimum atomic E-state index is -0.311. The molecule has 1 saturated heterocycles. The minimum absolute atomic E-state index is 0.132. The minimum Gasteiger partial charge on any atom is -0.444 e. The number of hydrogen-bond acceptors (Lipinski definition) is 5. The van der Waals surface area contributed by atoms with E-state index in [2.05, 4.69) is 15.3 Å². The quantitative estimate of drug-likeness (QED) is 0.622. The number of carbonyl (C=O) groups excluding carboxylic acids is 1. The zero-order valence-electron chi connectivity index (χ0n) is 13.6. The molecule has 0 spiro atoms. The smallest absolute Gasteiger partial charge is 0.411 e. The Morgan fingerprint density at radius 2 is 2.12 bits per heavy atom. The van der Waals surface area contributed by atoms with Crippen LogP contribution in [-0.2, 0) is 11.2 Å². The molecule has 0 radical (unpaired) electrons. The number of aromatic nitrogens is 2. The third kappa shape index (κ3) is 3.35. The summed E-state index contributed by atoms with van der Waals surface area (Å²) in [5.41, 5.74) is 9.28. The molecule has 0 aliphatic carbocycles. The van der Waals surface area contributed by atoms with E-state index in [0.717, 1.165) is 16.6 Å². The van der Waals surface area contributed by atoms with Gasteiger partial charge in [0.2, 0.25) is 5.95 Å². The molecule has 1 amide bonds. The van der Waals surface area contributed by atoms with Gasteiger partial charge in [0.05, 0.1) is 24.2 Å². The predicted molar refractivity (Wildman–Crippen MR) is 96.1 cm³/mol. The first-order valence-corrected chi connectivity index (χ1v) is 8.16. The van der Waals surface area contributed by atoms with Gasteiger partial charge in [-0.3, -0.25) is 4.90 Å². The molecule has 0 bridgehead atoms. The lowest BCUT2D eigenvalue weighted by Crippen LogP contribution is -2.31. The van der Waals surface area contributed by atoms with Crippen LogP contribution in [0.25, 0.3) is 11.0 Å². The van der Waals surface area contributed by atoms with E-state index >= 15 is 0 Å². The average Bonchev–Trinajstić information content (AvgIpc) is 3.16. The second-order valence-electron chi connectivity index (χ2n) is 6.11. The van der Waals surface area contributed by atoms with Crippen molar-refractivity contribution in [2.75, 3.05) is 24.3 Å². The molecule has 2 heterocycles. The monoisotopic (exact) mass is 337 g/mol. The van der Waals surface area contributed by atoms with Crippen LogP contribution in [0.1, 0.15) is 5.56 Å². The molecule has 1 aliphatic heterocycles. The first-order chi connectivity index (χ1) is 12.2. The molecule has 7 nitrogen and oxygen atoms in total. The van der Waals surface area contributed by atoms with Crippen LogP contribution < -0.4 is 11.1 Å². The fourth-order valence-electron chi connectivity index (χ4n) is 2.97. The van der Waals surface area contributed by atoms with Crippen LogP contribution in [-0.4, -0.2) is 40.3 Å². The van der Waals surface area contributed by atoms with Gasteiger partial charge in [-0.15, -0.1) is 0 Å². The Morgan fingerprint density at radius 3 is 2.96 bits per heavy atom. The maximum absolute atomic E-state index is 12.0. The second-order valence-corrected chi connectivity index (χ2v) is 6.11. The van der Waals surface area contributed by atoms with Crippen molar-refractivity contribution in [1.82, 2.24) is 14.9 Å². The number of rotatable bonds is 5. The lowest BCUT2D eigenvalue weighted by Gasteiger charge is -2.13. The van der Waals surface area contributed by atoms with Gasteiger partial charge in [0, 0.05) is 12.1 Å². The Morgan fingerprint density at radius 1 is 1.28 bits per heavy atom. The standard InChI is InChI=1S/C18H19N5O2/c19-13-6-7-15-16(9-13)22-17(21-15)20-11-23-10-14(25-18(23)24)8-12-4-2-1-3-5-12/h1-7,9,14H,8,10-11,19H2,(H2,20,21,22). The summed E-state index contributed by atoms with van der Waals surface area (Å²) in [7, 11) is 0. The summed E-state index contributed by atoms with van der Waals surface area (Å²) in [5, 5.41) is 3.13. The summed E-state index contributed by atoms with van der Waals surface area (Å²) in [4.78, 5) is 21.2. The number of benzene rings is 2. The summed E-state index contributed by atoms with van der Waals surface area (Å²) < 4.78 is 5.44. The van der Waals surface area contributed by atoms with Gasteiger partial charge in [0.25, 0.3) is 0 Å². The summed E-state index contributed by atoms with van der Waals surface area (Å²) in [6.07, 6.45) is 0.272. The molecule has 1 unspecified atom stereocenters. The van der Waals surface area contributed by atoms with Crippen LogP contribution in [0.4, 0.5) is 16.4 Å². The normalized spacial score (nSPS) is 17.0. The number of cyclic esters (lactones) is 1. The molecule has 1 fully saturated rings. The zero-order valence-corrected chi connectivity index (χ0v) is 13.6. The molecule has 1 atom stereocenters. The van der Waals surface area contributed by atoms with Gasteiger partial charge in [-0.05, 0) is 23.8 Å². The molecule has 4 rings (SSSR count). The maximum atomic E-state index is 12.0. The maximum Gasteiger partial charge on any atom is 0.411 e. The lowest BCUT2D eigenvalue weighted by atomic mass is 10.1. The van der Waals surface area contributed by atoms with E-state index in [1.54, 1.807) is 11.0 Å². The molecule has 128 valence electrons. The summed E-state index contributed by atoms with van der Waals surface area (Å²) in [6, 6.07) is 15.5. The van der Waals surface area contributed by atoms with Gasteiger partial charge in [-0.2, -0.15) is 0 Å². The fourth-order valence-corrected chi connectivity index (χ4v) is 2.97. The van der Waals surface area contributed by atoms with Crippen molar-refractivity contribution >= 4 is 28.8 Å². The van der Waals surface area contributed by atoms with Crippen molar-refractivity contribution in [1.29, 1.82) is 0 Å². The van der Waals surface area contributed by atoms with Gasteiger partial charge < -0.3 is 20.8 Å². The molecule has 3 aromatic rings. The second kappa shape index (κ2) is 6.35. The molecular weight excluding hydrogens is 318 g/mol. The Bertz CT molecular complexity index is 893. The van der Waals surface area contributed by atoms with E-state index in [1.165, 1.54) is 0 Å². The Balaban J connectivity index is 1.36. The van der Waals surface area contributed by atoms with Gasteiger partial charge in [0.1, 0.15) is 6.10 Å².